The Labute approximate surface area is 227 Å². The van der Waals surface area contributed by atoms with Crippen molar-refractivity contribution < 1.29 is 23.4 Å². The zero-order valence-corrected chi connectivity index (χ0v) is 23.2. The number of nitrogens with zero attached hydrogens (tertiary/aromatic N) is 5. The summed E-state index contributed by atoms with van der Waals surface area (Å²) in [5, 5.41) is 9.45. The van der Waals surface area contributed by atoms with E-state index >= 15 is 0 Å². The first-order valence-corrected chi connectivity index (χ1v) is 13.3. The first-order chi connectivity index (χ1) is 18.4. The fraction of sp³-hybridized carbons (Fsp3) is 0.276. The van der Waals surface area contributed by atoms with Gasteiger partial charge in [-0.2, -0.15) is 0 Å². The number of rotatable bonds is 10. The SMILES string of the molecule is CCOC(=O)c1sc(N=Nc2ccc(N(CC[n+]3ccc(C)cc3)c3ccc(OC)cc3)cc2)[n+](C)c1C. The molecule has 0 amide bonds. The van der Waals surface area contributed by atoms with Crippen LogP contribution in [0.1, 0.15) is 27.9 Å². The molecule has 0 saturated carbocycles. The van der Waals surface area contributed by atoms with Gasteiger partial charge in [-0.3, -0.25) is 0 Å². The maximum Gasteiger partial charge on any atom is 0.409 e. The van der Waals surface area contributed by atoms with E-state index in [1.807, 2.05) is 54.9 Å². The maximum absolute atomic E-state index is 12.2. The topological polar surface area (TPSA) is 71.2 Å². The van der Waals surface area contributed by atoms with Crippen molar-refractivity contribution in [2.24, 2.45) is 17.3 Å². The Kier molecular flexibility index (Phi) is 8.81. The number of aromatic nitrogens is 2. The molecule has 0 aliphatic heterocycles. The summed E-state index contributed by atoms with van der Waals surface area (Å²) in [4.78, 5) is 15.0. The molecule has 8 nitrogen and oxygen atoms in total. The highest BCUT2D eigenvalue weighted by molar-refractivity contribution is 7.16. The molecule has 196 valence electrons. The number of aryl methyl sites for hydroxylation is 1. The number of hydrogen-bond acceptors (Lipinski definition) is 7. The predicted octanol–water partition coefficient (Wildman–Crippen LogP) is 5.92. The Hall–Kier alpha value is -4.11. The van der Waals surface area contributed by atoms with Crippen molar-refractivity contribution in [2.45, 2.75) is 27.3 Å². The molecule has 0 aliphatic carbocycles. The Morgan fingerprint density at radius 1 is 0.947 bits per heavy atom. The smallest absolute Gasteiger partial charge is 0.409 e. The summed E-state index contributed by atoms with van der Waals surface area (Å²) in [6.07, 6.45) is 4.20. The molecule has 4 aromatic rings. The third kappa shape index (κ3) is 6.41. The number of benzene rings is 2. The van der Waals surface area contributed by atoms with Gasteiger partial charge in [0.25, 0.3) is 0 Å². The van der Waals surface area contributed by atoms with Crippen molar-refractivity contribution in [3.05, 3.63) is 89.2 Å². The number of thiazole rings is 1. The second-order valence-corrected chi connectivity index (χ2v) is 9.74. The quantitative estimate of drug-likeness (QED) is 0.145. The lowest BCUT2D eigenvalue weighted by atomic mass is 10.2. The van der Waals surface area contributed by atoms with E-state index in [-0.39, 0.29) is 5.97 Å². The summed E-state index contributed by atoms with van der Waals surface area (Å²) < 4.78 is 14.5. The van der Waals surface area contributed by atoms with E-state index in [0.717, 1.165) is 41.6 Å². The van der Waals surface area contributed by atoms with Gasteiger partial charge >= 0.3 is 11.1 Å². The monoisotopic (exact) mass is 531 g/mol. The molecule has 0 unspecified atom stereocenters. The average Bonchev–Trinajstić information content (AvgIpc) is 3.23. The molecule has 0 aliphatic rings. The van der Waals surface area contributed by atoms with Gasteiger partial charge in [0, 0.05) is 23.5 Å². The van der Waals surface area contributed by atoms with E-state index in [2.05, 4.69) is 63.3 Å². The molecule has 0 spiro atoms. The van der Waals surface area contributed by atoms with Crippen molar-refractivity contribution in [1.82, 2.24) is 0 Å². The molecule has 2 heterocycles. The number of hydrogen-bond donors (Lipinski definition) is 0. The Balaban J connectivity index is 1.55. The average molecular weight is 532 g/mol. The van der Waals surface area contributed by atoms with Crippen molar-refractivity contribution in [2.75, 3.05) is 25.2 Å². The molecule has 9 heteroatoms. The minimum Gasteiger partial charge on any atom is -0.497 e. The van der Waals surface area contributed by atoms with Gasteiger partial charge in [-0.25, -0.2) is 13.9 Å². The van der Waals surface area contributed by atoms with Crippen molar-refractivity contribution in [1.29, 1.82) is 0 Å². The number of pyridine rings is 1. The van der Waals surface area contributed by atoms with E-state index in [9.17, 15) is 4.79 Å². The molecule has 0 radical (unpaired) electrons. The van der Waals surface area contributed by atoms with Gasteiger partial charge in [-0.15, -0.1) is 0 Å². The molecule has 38 heavy (non-hydrogen) atoms. The van der Waals surface area contributed by atoms with Crippen LogP contribution in [0, 0.1) is 13.8 Å². The summed E-state index contributed by atoms with van der Waals surface area (Å²) in [6, 6.07) is 20.3. The fourth-order valence-corrected chi connectivity index (χ4v) is 4.83. The Bertz CT molecular complexity index is 1400. The van der Waals surface area contributed by atoms with Crippen LogP contribution < -0.4 is 18.8 Å². The zero-order valence-electron chi connectivity index (χ0n) is 22.4. The molecule has 4 rings (SSSR count). The minimum atomic E-state index is -0.334. The lowest BCUT2D eigenvalue weighted by Gasteiger charge is -2.24. The lowest BCUT2D eigenvalue weighted by molar-refractivity contribution is -0.694. The molecular formula is C29H33N5O3S+2. The number of carbonyl (C=O) groups is 1. The van der Waals surface area contributed by atoms with E-state index in [4.69, 9.17) is 9.47 Å². The molecule has 0 saturated heterocycles. The van der Waals surface area contributed by atoms with E-state index in [1.165, 1.54) is 16.9 Å². The van der Waals surface area contributed by atoms with Crippen molar-refractivity contribution in [3.8, 4) is 5.75 Å². The van der Waals surface area contributed by atoms with Gasteiger partial charge in [-0.05, 0) is 91.3 Å². The Morgan fingerprint density at radius 2 is 1.58 bits per heavy atom. The highest BCUT2D eigenvalue weighted by Gasteiger charge is 2.25. The van der Waals surface area contributed by atoms with E-state index in [1.54, 1.807) is 14.0 Å². The molecule has 2 aromatic carbocycles. The summed E-state index contributed by atoms with van der Waals surface area (Å²) in [5.41, 5.74) is 4.88. The number of esters is 1. The van der Waals surface area contributed by atoms with Crippen LogP contribution in [-0.4, -0.2) is 26.2 Å². The van der Waals surface area contributed by atoms with Gasteiger partial charge < -0.3 is 14.4 Å². The second-order valence-electron chi connectivity index (χ2n) is 8.76. The fourth-order valence-electron chi connectivity index (χ4n) is 3.87. The van der Waals surface area contributed by atoms with Crippen molar-refractivity contribution >= 4 is 39.5 Å². The predicted molar refractivity (Wildman–Crippen MR) is 148 cm³/mol. The molecule has 0 atom stereocenters. The first kappa shape index (κ1) is 26.9. The summed E-state index contributed by atoms with van der Waals surface area (Å²) in [6.45, 7) is 7.69. The van der Waals surface area contributed by atoms with Crippen LogP contribution in [0.15, 0.2) is 83.3 Å². The van der Waals surface area contributed by atoms with Crippen LogP contribution >= 0.6 is 11.3 Å². The lowest BCUT2D eigenvalue weighted by Crippen LogP contribution is -2.38. The van der Waals surface area contributed by atoms with Crippen LogP contribution in [0.25, 0.3) is 0 Å². The van der Waals surface area contributed by atoms with Crippen LogP contribution in [0.2, 0.25) is 0 Å². The number of anilines is 2. The maximum atomic E-state index is 12.2. The number of carbonyl (C=O) groups excluding carboxylic acids is 1. The van der Waals surface area contributed by atoms with Crippen LogP contribution in [-0.2, 0) is 18.3 Å². The molecular weight excluding hydrogens is 498 g/mol. The van der Waals surface area contributed by atoms with Crippen LogP contribution in [0.3, 0.4) is 0 Å². The van der Waals surface area contributed by atoms with Gasteiger partial charge in [-0.1, -0.05) is 0 Å². The van der Waals surface area contributed by atoms with Gasteiger partial charge in [0.2, 0.25) is 0 Å². The largest absolute Gasteiger partial charge is 0.497 e. The minimum absolute atomic E-state index is 0.334. The first-order valence-electron chi connectivity index (χ1n) is 12.4. The van der Waals surface area contributed by atoms with Crippen molar-refractivity contribution in [3.63, 3.8) is 0 Å². The van der Waals surface area contributed by atoms with Crippen LogP contribution in [0.4, 0.5) is 22.2 Å². The van der Waals surface area contributed by atoms with E-state index < -0.39 is 0 Å². The molecule has 0 fully saturated rings. The van der Waals surface area contributed by atoms with Gasteiger partial charge in [0.05, 0.1) is 32.4 Å². The summed E-state index contributed by atoms with van der Waals surface area (Å²) in [7, 11) is 3.54. The molecule has 0 bridgehead atoms. The number of ether oxygens (including phenoxy) is 2. The van der Waals surface area contributed by atoms with Crippen LogP contribution in [0.5, 0.6) is 5.75 Å². The van der Waals surface area contributed by atoms with Gasteiger partial charge in [0.1, 0.15) is 17.1 Å². The third-order valence-corrected chi connectivity index (χ3v) is 7.41. The normalized spacial score (nSPS) is 11.1. The standard InChI is InChI=1S/C29H33N5O3S/c1-6-37-28(35)27-22(3)32(4)29(38-27)31-30-23-7-9-24(10-8-23)34(25-11-13-26(36-5)14-12-25)20-19-33-17-15-21(2)16-18-33/h7-18H,6,19-20H2,1-5H3/q+2. The van der Waals surface area contributed by atoms with Gasteiger partial charge in [0.15, 0.2) is 23.8 Å². The zero-order chi connectivity index (χ0) is 27.1. The highest BCUT2D eigenvalue weighted by atomic mass is 32.1. The third-order valence-electron chi connectivity index (χ3n) is 6.21. The Morgan fingerprint density at radius 3 is 2.18 bits per heavy atom. The summed E-state index contributed by atoms with van der Waals surface area (Å²) in [5.74, 6) is 0.485. The molecule has 2 aromatic heterocycles. The van der Waals surface area contributed by atoms with E-state index in [0.29, 0.717) is 16.6 Å². The summed E-state index contributed by atoms with van der Waals surface area (Å²) >= 11 is 1.27. The highest BCUT2D eigenvalue weighted by Crippen LogP contribution is 2.30. The number of methoxy groups -OCH3 is 1. The second kappa shape index (κ2) is 12.4. The number of azo groups is 1. The molecule has 0 N–H and O–H groups in total.